The minimum Gasteiger partial charge on any atom is -1.00 e. The molecule has 16 bridgehead atoms. The first kappa shape index (κ1) is 102. The standard InChI is InChI=1S/C56H80O4.C53H74O4.C4H10.Na.H/c1-17-21-57-49-37-25-39-31-46(54(8,9)10)33-41(50(39)58-22-18-2)27-43-35-48(56(14,15)16)36-44(52(43)60-24-20-4)28-42-34-47(55(11,12)13)32-40(51(42)59-23-19-3)26-38(49)30-45(29-37)53(5,6)7;1-16-19-55-47-36-22-34-26-42(50(4,5)6)27-35(46(34)54)23-37-29-44(52(10,11)12)31-39(48(37)56-20-17-2)25-41-33-45(53(13,14)15)32-40(49(41)57-21-18-3)24-38(47)30-43(28-36)51(7,8)9;1-3-4-2;;/h29-36H,17-28H2,1-16H3;26-33,54H,16-25H2,1-15H3;3-4H2,1-2H3;;/q;;;+1;-1. The third-order valence-corrected chi connectivity index (χ3v) is 23.6. The van der Waals surface area contributed by atoms with Crippen molar-refractivity contribution in [2.75, 3.05) is 46.2 Å². The molecule has 8 aromatic carbocycles. The van der Waals surface area contributed by atoms with E-state index in [1.54, 1.807) is 0 Å². The molecule has 0 aliphatic heterocycles. The Bertz CT molecular complexity index is 4260. The minimum atomic E-state index is -0.125. The molecular formula is C113H165NaO8. The molecule has 9 heteroatoms. The summed E-state index contributed by atoms with van der Waals surface area (Å²) in [6.45, 7) is 79.5. The van der Waals surface area contributed by atoms with Crippen molar-refractivity contribution in [1.82, 2.24) is 0 Å². The molecule has 0 amide bonds. The maximum Gasteiger partial charge on any atom is 1.00 e. The maximum absolute atomic E-state index is 12.4. The summed E-state index contributed by atoms with van der Waals surface area (Å²) in [6.07, 6.45) is 14.3. The fraction of sp³-hybridized carbons (Fsp3) is 0.575. The molecular weight excluding hydrogens is 1510 g/mol. The third-order valence-electron chi connectivity index (χ3n) is 23.6. The van der Waals surface area contributed by atoms with Gasteiger partial charge in [0.25, 0.3) is 0 Å². The van der Waals surface area contributed by atoms with Crippen LogP contribution in [0.15, 0.2) is 97.1 Å². The van der Waals surface area contributed by atoms with Crippen LogP contribution in [0.25, 0.3) is 0 Å². The van der Waals surface area contributed by atoms with E-state index in [2.05, 4.69) is 326 Å². The Morgan fingerprint density at radius 1 is 0.189 bits per heavy atom. The van der Waals surface area contributed by atoms with Crippen LogP contribution in [0.3, 0.4) is 0 Å². The van der Waals surface area contributed by atoms with Crippen LogP contribution in [0.5, 0.6) is 46.0 Å². The van der Waals surface area contributed by atoms with Gasteiger partial charge >= 0.3 is 29.6 Å². The van der Waals surface area contributed by atoms with E-state index in [4.69, 9.17) is 33.2 Å². The second-order valence-electron chi connectivity index (χ2n) is 43.4. The van der Waals surface area contributed by atoms with E-state index in [1.165, 1.54) is 113 Å². The van der Waals surface area contributed by atoms with Crippen molar-refractivity contribution >= 4 is 0 Å². The molecule has 0 radical (unpaired) electrons. The number of unbranched alkanes of at least 4 members (excludes halogenated alkanes) is 1. The third kappa shape index (κ3) is 26.9. The van der Waals surface area contributed by atoms with E-state index in [-0.39, 0.29) is 74.3 Å². The van der Waals surface area contributed by atoms with Crippen LogP contribution in [-0.4, -0.2) is 51.4 Å². The number of aromatic hydroxyl groups is 1. The normalized spacial score (nSPS) is 13.4. The van der Waals surface area contributed by atoms with E-state index in [9.17, 15) is 5.11 Å². The van der Waals surface area contributed by atoms with Crippen LogP contribution in [0, 0.1) is 0 Å². The molecule has 2 aliphatic carbocycles. The van der Waals surface area contributed by atoms with Gasteiger partial charge < -0.3 is 39.7 Å². The van der Waals surface area contributed by atoms with Crippen LogP contribution < -0.4 is 62.7 Å². The molecule has 0 atom stereocenters. The summed E-state index contributed by atoms with van der Waals surface area (Å²) in [7, 11) is 0. The summed E-state index contributed by atoms with van der Waals surface area (Å²) in [6, 6.07) is 38.0. The number of hydrogen-bond acceptors (Lipinski definition) is 8. The van der Waals surface area contributed by atoms with Crippen molar-refractivity contribution in [3.63, 3.8) is 0 Å². The van der Waals surface area contributed by atoms with Crippen LogP contribution in [-0.2, 0) is 94.7 Å². The second kappa shape index (κ2) is 43.1. The Hall–Kier alpha value is -6.84. The smallest absolute Gasteiger partial charge is 1.00 e. The van der Waals surface area contributed by atoms with Crippen LogP contribution in [0.2, 0.25) is 0 Å². The summed E-state index contributed by atoms with van der Waals surface area (Å²) in [5.41, 5.74) is 28.0. The van der Waals surface area contributed by atoms with Crippen molar-refractivity contribution in [2.45, 2.75) is 381 Å². The Kier molecular flexibility index (Phi) is 36.1. The molecule has 0 saturated carbocycles. The van der Waals surface area contributed by atoms with Gasteiger partial charge in [-0.15, -0.1) is 0 Å². The molecule has 666 valence electrons. The summed E-state index contributed by atoms with van der Waals surface area (Å²) >= 11 is 0. The zero-order valence-corrected chi connectivity index (χ0v) is 85.5. The quantitative estimate of drug-likeness (QED) is 0.0672. The number of rotatable bonds is 22. The monoisotopic (exact) mass is 1670 g/mol. The van der Waals surface area contributed by atoms with E-state index in [0.29, 0.717) is 103 Å². The SMILES string of the molecule is CCCC.CCCOc1c2cc(C(C)(C)C)cc1Cc1cc(C(C)(C)C)cc(c1OCCC)Cc1cc(C(C)(C)C)cc(c1OCCC)Cc1cc(C(C)(C)C)cc(c1O)C2.CCCOc1c2cc(C(C)(C)C)cc1Cc1cc(C(C)(C)C)cc(c1OCCC)Cc1cc(C(C)(C)C)cc(c1OCCC)Cc1cc(C(C)(C)C)cc(c1OCCC)C2.[H-].[Na+]. The molecule has 8 aromatic rings. The van der Waals surface area contributed by atoms with Crippen molar-refractivity contribution < 1.29 is 69.2 Å². The van der Waals surface area contributed by atoms with Crippen LogP contribution in [0.1, 0.15) is 421 Å². The number of hydrogen-bond donors (Lipinski definition) is 1. The molecule has 0 spiro atoms. The fourth-order valence-corrected chi connectivity index (χ4v) is 16.0. The summed E-state index contributed by atoms with van der Waals surface area (Å²) in [5, 5.41) is 12.4. The van der Waals surface area contributed by atoms with Gasteiger partial charge in [0.2, 0.25) is 0 Å². The van der Waals surface area contributed by atoms with Gasteiger partial charge in [0.15, 0.2) is 0 Å². The number of phenols is 1. The number of ether oxygens (including phenoxy) is 7. The van der Waals surface area contributed by atoms with Gasteiger partial charge in [-0.05, 0) is 222 Å². The molecule has 122 heavy (non-hydrogen) atoms. The molecule has 1 N–H and O–H groups in total. The predicted molar refractivity (Wildman–Crippen MR) is 517 cm³/mol. The number of phenolic OH excluding ortho intramolecular Hbond substituents is 1. The zero-order valence-electron chi connectivity index (χ0n) is 84.5. The summed E-state index contributed by atoms with van der Waals surface area (Å²) < 4.78 is 48.3. The van der Waals surface area contributed by atoms with Crippen molar-refractivity contribution in [3.8, 4) is 46.0 Å². The summed E-state index contributed by atoms with van der Waals surface area (Å²) in [5.74, 6) is 7.20. The van der Waals surface area contributed by atoms with Gasteiger partial charge in [-0.3, -0.25) is 0 Å². The molecule has 0 unspecified atom stereocenters. The first-order valence-electron chi connectivity index (χ1n) is 46.9. The minimum absolute atomic E-state index is 0. The Morgan fingerprint density at radius 2 is 0.287 bits per heavy atom. The molecule has 10 rings (SSSR count). The Labute approximate surface area is 767 Å². The van der Waals surface area contributed by atoms with Gasteiger partial charge in [0, 0.05) is 51.4 Å². The first-order chi connectivity index (χ1) is 56.5. The zero-order chi connectivity index (χ0) is 89.7. The van der Waals surface area contributed by atoms with Crippen LogP contribution in [0.4, 0.5) is 0 Å². The van der Waals surface area contributed by atoms with E-state index in [1.807, 2.05) is 0 Å². The second-order valence-corrected chi connectivity index (χ2v) is 43.4. The topological polar surface area (TPSA) is 84.8 Å². The van der Waals surface area contributed by atoms with E-state index < -0.39 is 0 Å². The van der Waals surface area contributed by atoms with Gasteiger partial charge in [-0.25, -0.2) is 0 Å². The number of fused-ring (bicyclic) bond motifs is 16. The van der Waals surface area contributed by atoms with Crippen molar-refractivity contribution in [2.24, 2.45) is 0 Å². The van der Waals surface area contributed by atoms with E-state index in [0.717, 1.165) is 119 Å². The maximum atomic E-state index is 12.4. The number of benzene rings is 8. The predicted octanol–water partition coefficient (Wildman–Crippen LogP) is 27.3. The van der Waals surface area contributed by atoms with Gasteiger partial charge in [0.05, 0.1) is 46.2 Å². The average Bonchev–Trinajstić information content (AvgIpc) is 0.761. The Morgan fingerprint density at radius 3 is 0.377 bits per heavy atom. The summed E-state index contributed by atoms with van der Waals surface area (Å²) in [4.78, 5) is 0. The largest absolute Gasteiger partial charge is 1.00 e. The van der Waals surface area contributed by atoms with Crippen LogP contribution >= 0.6 is 0 Å². The van der Waals surface area contributed by atoms with E-state index >= 15 is 0 Å². The molecule has 2 aliphatic rings. The first-order valence-corrected chi connectivity index (χ1v) is 46.9. The fourth-order valence-electron chi connectivity index (χ4n) is 16.0. The molecule has 8 nitrogen and oxygen atoms in total. The van der Waals surface area contributed by atoms with Gasteiger partial charge in [0.1, 0.15) is 46.0 Å². The van der Waals surface area contributed by atoms with Crippen molar-refractivity contribution in [3.05, 3.63) is 231 Å². The average molecular weight is 1670 g/mol. The molecule has 0 saturated heterocycles. The molecule has 0 fully saturated rings. The van der Waals surface area contributed by atoms with Crippen molar-refractivity contribution in [1.29, 1.82) is 0 Å². The molecule has 0 aromatic heterocycles. The van der Waals surface area contributed by atoms with Gasteiger partial charge in [-0.1, -0.05) is 338 Å². The van der Waals surface area contributed by atoms with Gasteiger partial charge in [-0.2, -0.15) is 0 Å². The Balaban J connectivity index is 0.000000359. The molecule has 0 heterocycles.